The highest BCUT2D eigenvalue weighted by Crippen LogP contribution is 2.18. The molecule has 20 heavy (non-hydrogen) atoms. The predicted molar refractivity (Wildman–Crippen MR) is 77.7 cm³/mol. The zero-order valence-corrected chi connectivity index (χ0v) is 11.9. The van der Waals surface area contributed by atoms with E-state index < -0.39 is 5.97 Å². The molecule has 0 amide bonds. The molecule has 0 bridgehead atoms. The first kappa shape index (κ1) is 12.8. The van der Waals surface area contributed by atoms with Gasteiger partial charge in [0, 0.05) is 4.47 Å². The normalized spacial score (nSPS) is 10.8. The molecule has 5 nitrogen and oxygen atoms in total. The number of carboxylic acid groups (broad SMARTS) is 1. The van der Waals surface area contributed by atoms with Crippen molar-refractivity contribution in [3.63, 3.8) is 0 Å². The third kappa shape index (κ3) is 2.30. The molecule has 2 aromatic carbocycles. The maximum atomic E-state index is 11.1. The number of rotatable bonds is 3. The van der Waals surface area contributed by atoms with Crippen molar-refractivity contribution >= 4 is 32.9 Å². The molecule has 0 aliphatic carbocycles. The fraction of sp³-hybridized carbons (Fsp3) is 0.0714. The van der Waals surface area contributed by atoms with Gasteiger partial charge in [0.05, 0.1) is 17.6 Å². The Morgan fingerprint density at radius 1 is 1.25 bits per heavy atom. The van der Waals surface area contributed by atoms with E-state index in [1.807, 2.05) is 30.3 Å². The second-order valence-electron chi connectivity index (χ2n) is 4.36. The van der Waals surface area contributed by atoms with Gasteiger partial charge in [-0.2, -0.15) is 0 Å². The first-order chi connectivity index (χ1) is 9.65. The number of carbonyl (C=O) groups is 1. The molecule has 0 atom stereocenters. The summed E-state index contributed by atoms with van der Waals surface area (Å²) in [5, 5.41) is 17.2. The SMILES string of the molecule is O=C(O)c1cccc2c1nnn2Cc1cccc(Br)c1. The molecule has 100 valence electrons. The summed E-state index contributed by atoms with van der Waals surface area (Å²) in [6.45, 7) is 0.541. The van der Waals surface area contributed by atoms with Crippen molar-refractivity contribution in [1.29, 1.82) is 0 Å². The Bertz CT molecular complexity index is 798. The van der Waals surface area contributed by atoms with Gasteiger partial charge in [-0.15, -0.1) is 5.10 Å². The lowest BCUT2D eigenvalue weighted by Gasteiger charge is -2.03. The third-order valence-corrected chi connectivity index (χ3v) is 3.49. The van der Waals surface area contributed by atoms with Gasteiger partial charge in [0.15, 0.2) is 0 Å². The van der Waals surface area contributed by atoms with Gasteiger partial charge >= 0.3 is 5.97 Å². The summed E-state index contributed by atoms with van der Waals surface area (Å²) in [4.78, 5) is 11.1. The number of nitrogens with zero attached hydrogens (tertiary/aromatic N) is 3. The van der Waals surface area contributed by atoms with Gasteiger partial charge in [0.1, 0.15) is 5.52 Å². The van der Waals surface area contributed by atoms with E-state index >= 15 is 0 Å². The largest absolute Gasteiger partial charge is 0.478 e. The summed E-state index contributed by atoms with van der Waals surface area (Å²) in [6.07, 6.45) is 0. The second kappa shape index (κ2) is 5.05. The minimum Gasteiger partial charge on any atom is -0.478 e. The Morgan fingerprint density at radius 3 is 2.80 bits per heavy atom. The maximum absolute atomic E-state index is 11.1. The van der Waals surface area contributed by atoms with Crippen LogP contribution in [0.15, 0.2) is 46.9 Å². The minimum absolute atomic E-state index is 0.169. The molecule has 0 aliphatic heterocycles. The first-order valence-corrected chi connectivity index (χ1v) is 6.74. The van der Waals surface area contributed by atoms with Crippen LogP contribution in [0.4, 0.5) is 0 Å². The molecular weight excluding hydrogens is 322 g/mol. The van der Waals surface area contributed by atoms with Crippen LogP contribution >= 0.6 is 15.9 Å². The van der Waals surface area contributed by atoms with E-state index in [-0.39, 0.29) is 5.56 Å². The fourth-order valence-corrected chi connectivity index (χ4v) is 2.54. The highest BCUT2D eigenvalue weighted by Gasteiger charge is 2.13. The molecule has 0 saturated heterocycles. The molecule has 0 unspecified atom stereocenters. The van der Waals surface area contributed by atoms with Crippen molar-refractivity contribution in [1.82, 2.24) is 15.0 Å². The lowest BCUT2D eigenvalue weighted by atomic mass is 10.2. The summed E-state index contributed by atoms with van der Waals surface area (Å²) in [5.74, 6) is -0.995. The lowest BCUT2D eigenvalue weighted by Crippen LogP contribution is -2.02. The van der Waals surface area contributed by atoms with Crippen molar-refractivity contribution in [2.75, 3.05) is 0 Å². The van der Waals surface area contributed by atoms with Crippen LogP contribution in [0.2, 0.25) is 0 Å². The zero-order chi connectivity index (χ0) is 14.1. The van der Waals surface area contributed by atoms with Crippen molar-refractivity contribution in [3.8, 4) is 0 Å². The molecule has 1 heterocycles. The Hall–Kier alpha value is -2.21. The van der Waals surface area contributed by atoms with Gasteiger partial charge in [0.2, 0.25) is 0 Å². The molecule has 3 rings (SSSR count). The quantitative estimate of drug-likeness (QED) is 0.801. The summed E-state index contributed by atoms with van der Waals surface area (Å²) in [5.41, 5.74) is 2.36. The first-order valence-electron chi connectivity index (χ1n) is 5.95. The average Bonchev–Trinajstić information content (AvgIpc) is 2.82. The van der Waals surface area contributed by atoms with E-state index in [1.165, 1.54) is 6.07 Å². The third-order valence-electron chi connectivity index (χ3n) is 3.00. The molecular formula is C14H10BrN3O2. The van der Waals surface area contributed by atoms with Crippen LogP contribution in [0.1, 0.15) is 15.9 Å². The van der Waals surface area contributed by atoms with Crippen LogP contribution in [0.3, 0.4) is 0 Å². The summed E-state index contributed by atoms with van der Waals surface area (Å²) in [7, 11) is 0. The predicted octanol–water partition coefficient (Wildman–Crippen LogP) is 2.94. The second-order valence-corrected chi connectivity index (χ2v) is 5.27. The Kier molecular flexibility index (Phi) is 3.23. The van der Waals surface area contributed by atoms with Crippen LogP contribution in [-0.2, 0) is 6.54 Å². The standard InChI is InChI=1S/C14H10BrN3O2/c15-10-4-1-3-9(7-10)8-18-12-6-2-5-11(14(19)20)13(12)16-17-18/h1-7H,8H2,(H,19,20). The highest BCUT2D eigenvalue weighted by molar-refractivity contribution is 9.10. The molecule has 0 radical (unpaired) electrons. The van der Waals surface area contributed by atoms with Crippen LogP contribution < -0.4 is 0 Å². The molecule has 0 spiro atoms. The van der Waals surface area contributed by atoms with Gasteiger partial charge < -0.3 is 5.11 Å². The average molecular weight is 332 g/mol. The summed E-state index contributed by atoms with van der Waals surface area (Å²) in [6, 6.07) is 12.9. The van der Waals surface area contributed by atoms with Crippen LogP contribution in [0.5, 0.6) is 0 Å². The van der Waals surface area contributed by atoms with E-state index in [0.717, 1.165) is 10.0 Å². The highest BCUT2D eigenvalue weighted by atomic mass is 79.9. The van der Waals surface area contributed by atoms with Crippen LogP contribution in [-0.4, -0.2) is 26.1 Å². The molecule has 6 heteroatoms. The van der Waals surface area contributed by atoms with Crippen LogP contribution in [0, 0.1) is 0 Å². The van der Waals surface area contributed by atoms with Gasteiger partial charge in [-0.1, -0.05) is 39.3 Å². The Morgan fingerprint density at radius 2 is 2.05 bits per heavy atom. The number of fused-ring (bicyclic) bond motifs is 1. The Labute approximate surface area is 123 Å². The zero-order valence-electron chi connectivity index (χ0n) is 10.3. The van der Waals surface area contributed by atoms with Crippen molar-refractivity contribution in [3.05, 3.63) is 58.1 Å². The molecule has 3 aromatic rings. The van der Waals surface area contributed by atoms with Crippen molar-refractivity contribution in [2.24, 2.45) is 0 Å². The summed E-state index contributed by atoms with van der Waals surface area (Å²) < 4.78 is 2.69. The van der Waals surface area contributed by atoms with Crippen LogP contribution in [0.25, 0.3) is 11.0 Å². The smallest absolute Gasteiger partial charge is 0.338 e. The molecule has 0 aliphatic rings. The van der Waals surface area contributed by atoms with E-state index in [2.05, 4.69) is 26.2 Å². The number of benzene rings is 2. The molecule has 0 fully saturated rings. The molecule has 0 saturated carbocycles. The number of halogens is 1. The van der Waals surface area contributed by atoms with E-state index in [4.69, 9.17) is 5.11 Å². The topological polar surface area (TPSA) is 68.0 Å². The molecule has 1 N–H and O–H groups in total. The monoisotopic (exact) mass is 331 g/mol. The van der Waals surface area contributed by atoms with Gasteiger partial charge in [-0.25, -0.2) is 9.48 Å². The minimum atomic E-state index is -0.995. The van der Waals surface area contributed by atoms with Gasteiger partial charge in [0.25, 0.3) is 0 Å². The van der Waals surface area contributed by atoms with Gasteiger partial charge in [-0.05, 0) is 29.8 Å². The van der Waals surface area contributed by atoms with Crippen molar-refractivity contribution in [2.45, 2.75) is 6.54 Å². The Balaban J connectivity index is 2.05. The van der Waals surface area contributed by atoms with E-state index in [9.17, 15) is 4.79 Å². The number of aromatic nitrogens is 3. The number of hydrogen-bond acceptors (Lipinski definition) is 3. The molecule has 1 aromatic heterocycles. The number of carboxylic acids is 1. The maximum Gasteiger partial charge on any atom is 0.338 e. The number of aromatic carboxylic acids is 1. The van der Waals surface area contributed by atoms with Crippen molar-refractivity contribution < 1.29 is 9.90 Å². The van der Waals surface area contributed by atoms with E-state index in [1.54, 1.807) is 10.7 Å². The summed E-state index contributed by atoms with van der Waals surface area (Å²) >= 11 is 3.42. The number of hydrogen-bond donors (Lipinski definition) is 1. The lowest BCUT2D eigenvalue weighted by molar-refractivity contribution is 0.0699. The fourth-order valence-electron chi connectivity index (χ4n) is 2.09. The van der Waals surface area contributed by atoms with Gasteiger partial charge in [-0.3, -0.25) is 0 Å². The van der Waals surface area contributed by atoms with E-state index in [0.29, 0.717) is 17.6 Å².